The Hall–Kier alpha value is -3.55. The molecule has 1 aliphatic heterocycles. The summed E-state index contributed by atoms with van der Waals surface area (Å²) in [6.07, 6.45) is 2.75. The van der Waals surface area contributed by atoms with Crippen LogP contribution in [0.1, 0.15) is 31.1 Å². The van der Waals surface area contributed by atoms with E-state index >= 15 is 0 Å². The van der Waals surface area contributed by atoms with E-state index in [4.69, 9.17) is 4.84 Å². The van der Waals surface area contributed by atoms with Gasteiger partial charge in [0.25, 0.3) is 11.8 Å². The number of hydroxylamine groups is 2. The van der Waals surface area contributed by atoms with E-state index in [1.807, 2.05) is 0 Å². The Balaban J connectivity index is 1.62. The zero-order chi connectivity index (χ0) is 16.0. The molecule has 112 valence electrons. The quantitative estimate of drug-likeness (QED) is 0.658. The normalized spacial score (nSPS) is 13.5. The Morgan fingerprint density at radius 3 is 2.39 bits per heavy atom. The molecule has 1 aliphatic rings. The minimum Gasteiger partial charge on any atom is -0.324 e. The zero-order valence-electron chi connectivity index (χ0n) is 11.5. The first-order chi connectivity index (χ1) is 11.1. The lowest BCUT2D eigenvalue weighted by Crippen LogP contribution is -2.32. The van der Waals surface area contributed by atoms with Gasteiger partial charge in [0, 0.05) is 6.20 Å². The van der Waals surface area contributed by atoms with Gasteiger partial charge in [0.15, 0.2) is 5.65 Å². The van der Waals surface area contributed by atoms with Crippen LogP contribution in [0.4, 0.5) is 0 Å². The summed E-state index contributed by atoms with van der Waals surface area (Å²) in [6, 6.07) is 9.33. The molecule has 0 bridgehead atoms. The predicted molar refractivity (Wildman–Crippen MR) is 75.3 cm³/mol. The van der Waals surface area contributed by atoms with Crippen LogP contribution in [0.25, 0.3) is 5.65 Å². The van der Waals surface area contributed by atoms with Gasteiger partial charge in [-0.15, -0.1) is 0 Å². The molecule has 2 amide bonds. The van der Waals surface area contributed by atoms with Crippen LogP contribution >= 0.6 is 0 Å². The SMILES string of the molecule is O=C(ON1C(=O)c2ccccc2C1=O)c1ccc2ncnn2c1. The molecule has 8 heteroatoms. The lowest BCUT2D eigenvalue weighted by molar-refractivity contribution is -0.0584. The van der Waals surface area contributed by atoms with Crippen molar-refractivity contribution in [2.24, 2.45) is 0 Å². The summed E-state index contributed by atoms with van der Waals surface area (Å²) in [4.78, 5) is 45.4. The largest absolute Gasteiger partial charge is 0.365 e. The van der Waals surface area contributed by atoms with Gasteiger partial charge in [-0.1, -0.05) is 17.2 Å². The van der Waals surface area contributed by atoms with E-state index in [9.17, 15) is 14.4 Å². The van der Waals surface area contributed by atoms with Crippen molar-refractivity contribution in [3.8, 4) is 0 Å². The number of pyridine rings is 1. The van der Waals surface area contributed by atoms with Crippen LogP contribution in [-0.2, 0) is 4.84 Å². The fourth-order valence-electron chi connectivity index (χ4n) is 2.32. The molecule has 0 radical (unpaired) electrons. The van der Waals surface area contributed by atoms with Gasteiger partial charge in [-0.2, -0.15) is 5.10 Å². The third-order valence-electron chi connectivity index (χ3n) is 3.44. The van der Waals surface area contributed by atoms with Crippen LogP contribution in [0.5, 0.6) is 0 Å². The number of amides is 2. The standard InChI is InChI=1S/C15H8N4O4/c20-13-10-3-1-2-4-11(10)14(21)19(13)23-15(22)9-5-6-12-16-8-17-18(12)7-9/h1-8H. The minimum atomic E-state index is -0.836. The molecule has 4 rings (SSSR count). The summed E-state index contributed by atoms with van der Waals surface area (Å²) in [5.74, 6) is -2.17. The molecule has 2 aromatic heterocycles. The van der Waals surface area contributed by atoms with Crippen molar-refractivity contribution in [3.05, 3.63) is 65.6 Å². The zero-order valence-corrected chi connectivity index (χ0v) is 11.5. The number of carbonyl (C=O) groups is 3. The molecule has 0 saturated heterocycles. The van der Waals surface area contributed by atoms with E-state index in [-0.39, 0.29) is 16.7 Å². The molecule has 0 fully saturated rings. The Labute approximate surface area is 128 Å². The van der Waals surface area contributed by atoms with Crippen LogP contribution in [-0.4, -0.2) is 37.4 Å². The highest BCUT2D eigenvalue weighted by atomic mass is 16.7. The molecule has 0 atom stereocenters. The van der Waals surface area contributed by atoms with Gasteiger partial charge in [-0.05, 0) is 24.3 Å². The second-order valence-electron chi connectivity index (χ2n) is 4.81. The molecule has 1 aromatic carbocycles. The van der Waals surface area contributed by atoms with E-state index in [0.717, 1.165) is 0 Å². The highest BCUT2D eigenvalue weighted by Gasteiger charge is 2.38. The van der Waals surface area contributed by atoms with E-state index in [0.29, 0.717) is 10.7 Å². The molecular weight excluding hydrogens is 300 g/mol. The predicted octanol–water partition coefficient (Wildman–Crippen LogP) is 1.10. The van der Waals surface area contributed by atoms with Gasteiger partial charge >= 0.3 is 5.97 Å². The van der Waals surface area contributed by atoms with Crippen molar-refractivity contribution in [2.75, 3.05) is 0 Å². The van der Waals surface area contributed by atoms with Crippen molar-refractivity contribution >= 4 is 23.4 Å². The Morgan fingerprint density at radius 2 is 1.70 bits per heavy atom. The van der Waals surface area contributed by atoms with Gasteiger partial charge in [0.1, 0.15) is 6.33 Å². The van der Waals surface area contributed by atoms with E-state index < -0.39 is 17.8 Å². The number of hydrogen-bond acceptors (Lipinski definition) is 6. The second kappa shape index (κ2) is 4.73. The van der Waals surface area contributed by atoms with Crippen molar-refractivity contribution in [3.63, 3.8) is 0 Å². The van der Waals surface area contributed by atoms with Crippen LogP contribution < -0.4 is 0 Å². The lowest BCUT2D eigenvalue weighted by Gasteiger charge is -2.12. The van der Waals surface area contributed by atoms with Crippen molar-refractivity contribution in [2.45, 2.75) is 0 Å². The summed E-state index contributed by atoms with van der Waals surface area (Å²) in [5.41, 5.74) is 1.11. The van der Waals surface area contributed by atoms with Gasteiger partial charge < -0.3 is 4.84 Å². The summed E-state index contributed by atoms with van der Waals surface area (Å²) >= 11 is 0. The maximum Gasteiger partial charge on any atom is 0.365 e. The molecular formula is C15H8N4O4. The average molecular weight is 308 g/mol. The third-order valence-corrected chi connectivity index (χ3v) is 3.44. The van der Waals surface area contributed by atoms with Gasteiger partial charge in [-0.3, -0.25) is 9.59 Å². The molecule has 0 spiro atoms. The van der Waals surface area contributed by atoms with E-state index in [2.05, 4.69) is 10.1 Å². The van der Waals surface area contributed by atoms with Crippen molar-refractivity contribution < 1.29 is 19.2 Å². The first-order valence-electron chi connectivity index (χ1n) is 6.64. The topological polar surface area (TPSA) is 93.9 Å². The smallest absolute Gasteiger partial charge is 0.324 e. The summed E-state index contributed by atoms with van der Waals surface area (Å²) < 4.78 is 1.39. The number of imide groups is 1. The van der Waals surface area contributed by atoms with Crippen molar-refractivity contribution in [1.29, 1.82) is 0 Å². The number of fused-ring (bicyclic) bond motifs is 2. The Bertz CT molecular complexity index is 943. The second-order valence-corrected chi connectivity index (χ2v) is 4.81. The highest BCUT2D eigenvalue weighted by molar-refractivity contribution is 6.21. The molecule has 23 heavy (non-hydrogen) atoms. The van der Waals surface area contributed by atoms with Gasteiger partial charge in [0.05, 0.1) is 16.7 Å². The highest BCUT2D eigenvalue weighted by Crippen LogP contribution is 2.23. The van der Waals surface area contributed by atoms with Crippen molar-refractivity contribution in [1.82, 2.24) is 19.7 Å². The number of rotatable bonds is 2. The Morgan fingerprint density at radius 1 is 1.00 bits per heavy atom. The fraction of sp³-hybridized carbons (Fsp3) is 0. The lowest BCUT2D eigenvalue weighted by atomic mass is 10.1. The van der Waals surface area contributed by atoms with Crippen LogP contribution in [0.2, 0.25) is 0 Å². The number of benzene rings is 1. The minimum absolute atomic E-state index is 0.138. The van der Waals surface area contributed by atoms with Gasteiger partial charge in [0.2, 0.25) is 0 Å². The van der Waals surface area contributed by atoms with E-state index in [1.54, 1.807) is 18.2 Å². The summed E-state index contributed by atoms with van der Waals surface area (Å²) in [5, 5.41) is 4.38. The number of carbonyl (C=O) groups excluding carboxylic acids is 3. The molecule has 3 aromatic rings. The van der Waals surface area contributed by atoms with Gasteiger partial charge in [-0.25, -0.2) is 14.3 Å². The number of nitrogens with zero attached hydrogens (tertiary/aromatic N) is 4. The monoisotopic (exact) mass is 308 g/mol. The Kier molecular flexibility index (Phi) is 2.70. The number of aromatic nitrogens is 3. The molecule has 0 N–H and O–H groups in total. The van der Waals surface area contributed by atoms with Crippen LogP contribution in [0.3, 0.4) is 0 Å². The maximum absolute atomic E-state index is 12.2. The summed E-state index contributed by atoms with van der Waals surface area (Å²) in [7, 11) is 0. The third kappa shape index (κ3) is 1.96. The maximum atomic E-state index is 12.2. The molecule has 0 aliphatic carbocycles. The fourth-order valence-corrected chi connectivity index (χ4v) is 2.32. The molecule has 8 nitrogen and oxygen atoms in total. The molecule has 3 heterocycles. The molecule has 0 unspecified atom stereocenters. The summed E-state index contributed by atoms with van der Waals surface area (Å²) in [6.45, 7) is 0. The molecule has 0 saturated carbocycles. The first-order valence-corrected chi connectivity index (χ1v) is 6.64. The van der Waals surface area contributed by atoms with Crippen LogP contribution in [0.15, 0.2) is 48.9 Å². The first kappa shape index (κ1) is 13.1. The number of hydrogen-bond donors (Lipinski definition) is 0. The van der Waals surface area contributed by atoms with Crippen LogP contribution in [0, 0.1) is 0 Å². The average Bonchev–Trinajstić information content (AvgIpc) is 3.13. The van der Waals surface area contributed by atoms with E-state index in [1.165, 1.54) is 35.2 Å².